The Hall–Kier alpha value is -0.610. The summed E-state index contributed by atoms with van der Waals surface area (Å²) < 4.78 is 0.699. The van der Waals surface area contributed by atoms with Gasteiger partial charge >= 0.3 is 0 Å². The molecule has 0 radical (unpaired) electrons. The van der Waals surface area contributed by atoms with Crippen molar-refractivity contribution in [2.75, 3.05) is 32.8 Å². The van der Waals surface area contributed by atoms with Gasteiger partial charge in [0, 0.05) is 0 Å². The van der Waals surface area contributed by atoms with Crippen LogP contribution in [0.5, 0.6) is 0 Å². The average molecular weight is 386 g/mol. The monoisotopic (exact) mass is 385 g/mol. The van der Waals surface area contributed by atoms with Crippen LogP contribution in [0.1, 0.15) is 71.1 Å². The summed E-state index contributed by atoms with van der Waals surface area (Å²) in [6.45, 7) is 4.95. The van der Waals surface area contributed by atoms with E-state index in [-0.39, 0.29) is 25.6 Å². The van der Waals surface area contributed by atoms with Crippen LogP contribution in [0.3, 0.4) is 0 Å². The molecule has 0 atom stereocenters. The van der Waals surface area contributed by atoms with E-state index >= 15 is 0 Å². The molecule has 3 nitrogen and oxygen atoms in total. The largest absolute Gasteiger partial charge is 1.00 e. The van der Waals surface area contributed by atoms with Crippen LogP contribution in [0.15, 0.2) is 30.3 Å². The first kappa shape index (κ1) is 25.4. The van der Waals surface area contributed by atoms with Crippen LogP contribution >= 0.6 is 0 Å². The number of unbranched alkanes of at least 4 members (excludes halogenated alkanes) is 9. The molecule has 0 spiro atoms. The highest BCUT2D eigenvalue weighted by Gasteiger charge is 2.28. The van der Waals surface area contributed by atoms with E-state index < -0.39 is 0 Å². The second kappa shape index (κ2) is 16.6. The Morgan fingerprint density at radius 3 is 1.58 bits per heavy atom. The summed E-state index contributed by atoms with van der Waals surface area (Å²) in [7, 11) is 0. The molecule has 2 N–H and O–H groups in total. The lowest BCUT2D eigenvalue weighted by Crippen LogP contribution is -3.00. The van der Waals surface area contributed by atoms with Crippen LogP contribution in [0, 0.1) is 0 Å². The number of aliphatic hydroxyl groups is 2. The van der Waals surface area contributed by atoms with Crippen LogP contribution in [0.25, 0.3) is 0 Å². The van der Waals surface area contributed by atoms with Gasteiger partial charge < -0.3 is 22.6 Å². The van der Waals surface area contributed by atoms with Gasteiger partial charge in [-0.2, -0.15) is 0 Å². The Bertz CT molecular complexity index is 408. The van der Waals surface area contributed by atoms with Crippen molar-refractivity contribution in [1.29, 1.82) is 0 Å². The molecule has 0 aliphatic heterocycles. The number of benzene rings is 1. The highest BCUT2D eigenvalue weighted by molar-refractivity contribution is 5.42. The molecule has 0 aromatic heterocycles. The maximum Gasteiger partial charge on any atom is 0.132 e. The van der Waals surface area contributed by atoms with Gasteiger partial charge in [0.1, 0.15) is 18.8 Å². The lowest BCUT2D eigenvalue weighted by molar-refractivity contribution is -0.00000825. The zero-order chi connectivity index (χ0) is 18.2. The van der Waals surface area contributed by atoms with E-state index in [1.165, 1.54) is 63.5 Å². The molecule has 0 saturated heterocycles. The van der Waals surface area contributed by atoms with Gasteiger partial charge in [-0.1, -0.05) is 76.5 Å². The van der Waals surface area contributed by atoms with Gasteiger partial charge in [0.15, 0.2) is 0 Å². The van der Waals surface area contributed by atoms with Crippen molar-refractivity contribution in [2.45, 2.75) is 71.1 Å². The number of quaternary nitrogens is 1. The Kier molecular flexibility index (Phi) is 16.2. The van der Waals surface area contributed by atoms with Gasteiger partial charge in [-0.25, -0.2) is 0 Å². The van der Waals surface area contributed by atoms with Gasteiger partial charge in [-0.15, -0.1) is 0 Å². The third kappa shape index (κ3) is 9.91. The second-order valence-corrected chi connectivity index (χ2v) is 7.28. The zero-order valence-electron chi connectivity index (χ0n) is 16.7. The first-order valence-corrected chi connectivity index (χ1v) is 10.4. The maximum absolute atomic E-state index is 9.55. The first-order chi connectivity index (χ1) is 12.3. The topological polar surface area (TPSA) is 40.5 Å². The van der Waals surface area contributed by atoms with E-state index in [1.807, 2.05) is 6.07 Å². The molecule has 0 unspecified atom stereocenters. The standard InChI is InChI=1S/C22H40NO2.ClH/c1-2-3-4-5-6-7-8-9-10-14-17-23(18-20-24,19-21-25)22-15-12-11-13-16-22;/h11-13,15-16,24-25H,2-10,14,17-21H2,1H3;1H/q+1;/p-1. The molecule has 0 heterocycles. The van der Waals surface area contributed by atoms with Crippen LogP contribution < -0.4 is 16.9 Å². The summed E-state index contributed by atoms with van der Waals surface area (Å²) in [5, 5.41) is 19.1. The van der Waals surface area contributed by atoms with Gasteiger partial charge in [0.2, 0.25) is 0 Å². The first-order valence-electron chi connectivity index (χ1n) is 10.4. The van der Waals surface area contributed by atoms with Crippen molar-refractivity contribution in [3.63, 3.8) is 0 Å². The molecule has 1 aromatic carbocycles. The summed E-state index contributed by atoms with van der Waals surface area (Å²) in [5.74, 6) is 0. The van der Waals surface area contributed by atoms with Crippen molar-refractivity contribution in [3.05, 3.63) is 30.3 Å². The molecule has 152 valence electrons. The number of rotatable bonds is 16. The summed E-state index contributed by atoms with van der Waals surface area (Å²) in [4.78, 5) is 0. The van der Waals surface area contributed by atoms with E-state index in [2.05, 4.69) is 31.2 Å². The zero-order valence-corrected chi connectivity index (χ0v) is 17.5. The van der Waals surface area contributed by atoms with E-state index in [0.717, 1.165) is 13.0 Å². The average Bonchev–Trinajstić information content (AvgIpc) is 2.64. The molecule has 26 heavy (non-hydrogen) atoms. The molecule has 1 rings (SSSR count). The van der Waals surface area contributed by atoms with Gasteiger partial charge in [0.05, 0.1) is 19.8 Å². The number of aliphatic hydroxyl groups excluding tert-OH is 2. The SMILES string of the molecule is CCCCCCCCCCCC[N+](CCO)(CCO)c1ccccc1.[Cl-]. The number of halogens is 1. The third-order valence-corrected chi connectivity index (χ3v) is 5.30. The number of hydrogen-bond donors (Lipinski definition) is 2. The minimum Gasteiger partial charge on any atom is -1.00 e. The van der Waals surface area contributed by atoms with E-state index in [4.69, 9.17) is 0 Å². The lowest BCUT2D eigenvalue weighted by Gasteiger charge is -2.37. The van der Waals surface area contributed by atoms with Crippen LogP contribution in [0.2, 0.25) is 0 Å². The van der Waals surface area contributed by atoms with Crippen molar-refractivity contribution < 1.29 is 22.6 Å². The maximum atomic E-state index is 9.55. The van der Waals surface area contributed by atoms with E-state index in [1.54, 1.807) is 0 Å². The highest BCUT2D eigenvalue weighted by atomic mass is 35.5. The smallest absolute Gasteiger partial charge is 0.132 e. The minimum absolute atomic E-state index is 0. The molecule has 0 saturated carbocycles. The summed E-state index contributed by atoms with van der Waals surface area (Å²) >= 11 is 0. The highest BCUT2D eigenvalue weighted by Crippen LogP contribution is 2.24. The van der Waals surface area contributed by atoms with Gasteiger partial charge in [-0.3, -0.25) is 4.48 Å². The predicted octanol–water partition coefficient (Wildman–Crippen LogP) is 1.90. The van der Waals surface area contributed by atoms with Crippen LogP contribution in [0.4, 0.5) is 5.69 Å². The Morgan fingerprint density at radius 2 is 1.12 bits per heavy atom. The van der Waals surface area contributed by atoms with Crippen LogP contribution in [-0.2, 0) is 0 Å². The van der Waals surface area contributed by atoms with Crippen molar-refractivity contribution in [3.8, 4) is 0 Å². The number of hydrogen-bond acceptors (Lipinski definition) is 2. The summed E-state index contributed by atoms with van der Waals surface area (Å²) in [6, 6.07) is 10.4. The van der Waals surface area contributed by atoms with Gasteiger partial charge in [-0.05, 0) is 25.0 Å². The normalized spacial score (nSPS) is 11.3. The number of nitrogens with zero attached hydrogens (tertiary/aromatic N) is 1. The fourth-order valence-electron chi connectivity index (χ4n) is 3.75. The Labute approximate surface area is 167 Å². The predicted molar refractivity (Wildman–Crippen MR) is 109 cm³/mol. The number of para-hydroxylation sites is 1. The van der Waals surface area contributed by atoms with Crippen molar-refractivity contribution in [1.82, 2.24) is 4.48 Å². The molecular weight excluding hydrogens is 346 g/mol. The molecule has 1 aromatic rings. The molecule has 0 bridgehead atoms. The molecule has 0 aliphatic rings. The van der Waals surface area contributed by atoms with Crippen LogP contribution in [-0.4, -0.2) is 43.1 Å². The molecule has 4 heteroatoms. The molecule has 0 amide bonds. The van der Waals surface area contributed by atoms with Gasteiger partial charge in [0.25, 0.3) is 0 Å². The van der Waals surface area contributed by atoms with Crippen molar-refractivity contribution in [2.24, 2.45) is 0 Å². The fourth-order valence-corrected chi connectivity index (χ4v) is 3.75. The Balaban J connectivity index is 0.00000625. The minimum atomic E-state index is 0. The molecule has 0 fully saturated rings. The fraction of sp³-hybridized carbons (Fsp3) is 0.727. The summed E-state index contributed by atoms with van der Waals surface area (Å²) in [6.07, 6.45) is 13.3. The quantitative estimate of drug-likeness (QED) is 0.337. The van der Waals surface area contributed by atoms with E-state index in [0.29, 0.717) is 17.6 Å². The molecular formula is C22H40ClNO2. The Morgan fingerprint density at radius 1 is 0.654 bits per heavy atom. The second-order valence-electron chi connectivity index (χ2n) is 7.28. The molecule has 0 aliphatic carbocycles. The van der Waals surface area contributed by atoms with Crippen molar-refractivity contribution >= 4 is 5.69 Å². The summed E-state index contributed by atoms with van der Waals surface area (Å²) in [5.41, 5.74) is 1.21. The van der Waals surface area contributed by atoms with E-state index in [9.17, 15) is 10.2 Å². The lowest BCUT2D eigenvalue weighted by atomic mass is 10.1. The third-order valence-electron chi connectivity index (χ3n) is 5.30.